The first-order valence-corrected chi connectivity index (χ1v) is 21.5. The first kappa shape index (κ1) is 37.2. The fourth-order valence-electron chi connectivity index (χ4n) is 3.46. The second kappa shape index (κ2) is 13.4. The van der Waals surface area contributed by atoms with Crippen molar-refractivity contribution in [3.8, 4) is 0 Å². The molecule has 1 rings (SSSR count). The van der Waals surface area contributed by atoms with Gasteiger partial charge in [0.15, 0.2) is 16.6 Å². The van der Waals surface area contributed by atoms with E-state index < -0.39 is 39.7 Å². The van der Waals surface area contributed by atoms with Crippen molar-refractivity contribution in [2.75, 3.05) is 0 Å². The molecular formula is C20H52O6Si4. The van der Waals surface area contributed by atoms with Crippen LogP contribution in [0.2, 0.25) is 65.0 Å². The molecule has 0 amide bonds. The number of rotatable bonds is 10. The van der Waals surface area contributed by atoms with Crippen molar-refractivity contribution in [3.63, 3.8) is 0 Å². The number of carbonyl (C=O) groups is 2. The van der Waals surface area contributed by atoms with Crippen LogP contribution in [0.5, 0.6) is 0 Å². The molecule has 10 heteroatoms. The Kier molecular flexibility index (Phi) is 16.7. The van der Waals surface area contributed by atoms with Gasteiger partial charge in [0, 0.05) is 0 Å². The average molecular weight is 501 g/mol. The molecule has 1 aliphatic heterocycles. The molecule has 0 spiro atoms. The molecule has 6 nitrogen and oxygen atoms in total. The molecule has 0 aliphatic carbocycles. The Morgan fingerprint density at radius 2 is 1.27 bits per heavy atom. The van der Waals surface area contributed by atoms with Gasteiger partial charge in [-0.2, -0.15) is 0 Å². The summed E-state index contributed by atoms with van der Waals surface area (Å²) < 4.78 is 24.1. The van der Waals surface area contributed by atoms with E-state index in [-0.39, 0.29) is 48.0 Å². The Balaban J connectivity index is -0.000000845. The lowest BCUT2D eigenvalue weighted by atomic mass is 10.0. The van der Waals surface area contributed by atoms with E-state index in [4.69, 9.17) is 12.3 Å². The van der Waals surface area contributed by atoms with Gasteiger partial charge < -0.3 is 17.1 Å². The fraction of sp³-hybridized carbons (Fsp3) is 0.900. The van der Waals surface area contributed by atoms with Gasteiger partial charge in [-0.3, -0.25) is 9.59 Å². The number of cyclic esters (lactones) is 2. The van der Waals surface area contributed by atoms with Crippen LogP contribution >= 0.6 is 0 Å². The molecule has 0 radical (unpaired) electrons. The third kappa shape index (κ3) is 14.8. The van der Waals surface area contributed by atoms with Gasteiger partial charge >= 0.3 is 29.1 Å². The number of ether oxygens (including phenoxy) is 1. The summed E-state index contributed by atoms with van der Waals surface area (Å²) in [6, 6.07) is 0.792. The molecule has 1 fully saturated rings. The maximum absolute atomic E-state index is 11.7. The van der Waals surface area contributed by atoms with Crippen LogP contribution < -0.4 is 0 Å². The standard InChI is InChI=1S/C16H36O6Si4.4CH4/c1-23(2,3)20-25(7,8)22-26(9,21-24(4,5)6)12-10-11-14-13-15(17)19-16(14)18;;;;/h14H,10-13H2,1-9H3;4*1H4. The second-order valence-corrected chi connectivity index (χ2v) is 26.1. The maximum atomic E-state index is 11.7. The van der Waals surface area contributed by atoms with Crippen molar-refractivity contribution in [3.05, 3.63) is 0 Å². The highest BCUT2D eigenvalue weighted by Crippen LogP contribution is 2.30. The number of hydrogen-bond acceptors (Lipinski definition) is 6. The Morgan fingerprint density at radius 3 is 1.63 bits per heavy atom. The van der Waals surface area contributed by atoms with E-state index >= 15 is 0 Å². The van der Waals surface area contributed by atoms with Gasteiger partial charge in [-0.05, 0) is 71.4 Å². The van der Waals surface area contributed by atoms with Crippen molar-refractivity contribution < 1.29 is 26.7 Å². The molecule has 184 valence electrons. The zero-order valence-corrected chi connectivity index (χ0v) is 21.9. The molecule has 1 saturated heterocycles. The molecule has 0 saturated carbocycles. The molecular weight excluding hydrogens is 449 g/mol. The summed E-state index contributed by atoms with van der Waals surface area (Å²) in [7, 11) is -8.24. The molecule has 1 aliphatic rings. The molecule has 1 heterocycles. The minimum absolute atomic E-state index is 0. The van der Waals surface area contributed by atoms with E-state index in [1.165, 1.54) is 0 Å². The second-order valence-electron chi connectivity index (χ2n) is 9.65. The highest BCUT2D eigenvalue weighted by Gasteiger charge is 2.44. The highest BCUT2D eigenvalue weighted by molar-refractivity contribution is 6.89. The van der Waals surface area contributed by atoms with Crippen LogP contribution in [0.1, 0.15) is 49.0 Å². The summed E-state index contributed by atoms with van der Waals surface area (Å²) in [5, 5.41) is 0. The van der Waals surface area contributed by atoms with Crippen LogP contribution in [0.15, 0.2) is 0 Å². The minimum Gasteiger partial charge on any atom is -0.437 e. The van der Waals surface area contributed by atoms with Gasteiger partial charge in [-0.25, -0.2) is 0 Å². The molecule has 2 atom stereocenters. The van der Waals surface area contributed by atoms with Gasteiger partial charge in [0.2, 0.25) is 0 Å². The topological polar surface area (TPSA) is 71.1 Å². The summed E-state index contributed by atoms with van der Waals surface area (Å²) >= 11 is 0. The summed E-state index contributed by atoms with van der Waals surface area (Å²) in [6.45, 7) is 19.3. The molecule has 0 aromatic heterocycles. The van der Waals surface area contributed by atoms with Gasteiger partial charge in [-0.15, -0.1) is 0 Å². The van der Waals surface area contributed by atoms with E-state index in [1.54, 1.807) is 0 Å². The lowest BCUT2D eigenvalue weighted by molar-refractivity contribution is -0.153. The Labute approximate surface area is 192 Å². The first-order valence-electron chi connectivity index (χ1n) is 9.35. The Bertz CT molecular complexity index is 528. The Hall–Kier alpha value is -0.112. The van der Waals surface area contributed by atoms with Crippen molar-refractivity contribution in [1.29, 1.82) is 0 Å². The summed E-state index contributed by atoms with van der Waals surface area (Å²) in [5.41, 5.74) is 0. The average Bonchev–Trinajstić information content (AvgIpc) is 2.60. The molecule has 0 bridgehead atoms. The summed E-state index contributed by atoms with van der Waals surface area (Å²) in [5.74, 6) is -1.11. The highest BCUT2D eigenvalue weighted by atomic mass is 28.5. The molecule has 0 aromatic carbocycles. The van der Waals surface area contributed by atoms with Crippen LogP contribution in [0, 0.1) is 5.92 Å². The third-order valence-electron chi connectivity index (χ3n) is 3.68. The van der Waals surface area contributed by atoms with Crippen molar-refractivity contribution in [2.45, 2.75) is 114 Å². The van der Waals surface area contributed by atoms with Crippen LogP contribution in [-0.2, 0) is 26.7 Å². The van der Waals surface area contributed by atoms with Crippen molar-refractivity contribution >= 4 is 45.7 Å². The summed E-state index contributed by atoms with van der Waals surface area (Å²) in [4.78, 5) is 22.9. The van der Waals surface area contributed by atoms with Crippen LogP contribution in [0.3, 0.4) is 0 Å². The predicted molar refractivity (Wildman–Crippen MR) is 139 cm³/mol. The van der Waals surface area contributed by atoms with Crippen LogP contribution in [-0.4, -0.2) is 45.7 Å². The van der Waals surface area contributed by atoms with Gasteiger partial charge in [0.25, 0.3) is 0 Å². The SMILES string of the molecule is C.C.C.C.C[Si](C)(C)O[Si](C)(C)O[Si](C)(CCCC1CC(=O)OC1=O)O[Si](C)(C)C. The molecule has 0 N–H and O–H groups in total. The maximum Gasteiger partial charge on any atom is 0.317 e. The first-order chi connectivity index (χ1) is 11.5. The van der Waals surface area contributed by atoms with Gasteiger partial charge in [-0.1, -0.05) is 36.1 Å². The monoisotopic (exact) mass is 500 g/mol. The zero-order valence-electron chi connectivity index (χ0n) is 17.9. The Morgan fingerprint density at radius 1 is 0.800 bits per heavy atom. The largest absolute Gasteiger partial charge is 0.437 e. The van der Waals surface area contributed by atoms with Gasteiger partial charge in [0.05, 0.1) is 12.3 Å². The number of hydrogen-bond donors (Lipinski definition) is 0. The van der Waals surface area contributed by atoms with Crippen molar-refractivity contribution in [2.24, 2.45) is 5.92 Å². The normalized spacial score (nSPS) is 18.8. The van der Waals surface area contributed by atoms with E-state index in [0.29, 0.717) is 6.42 Å². The quantitative estimate of drug-likeness (QED) is 0.185. The zero-order chi connectivity index (χ0) is 20.4. The predicted octanol–water partition coefficient (Wildman–Crippen LogP) is 6.89. The van der Waals surface area contributed by atoms with E-state index in [2.05, 4.69) is 63.7 Å². The summed E-state index contributed by atoms with van der Waals surface area (Å²) in [6.07, 6.45) is 1.63. The van der Waals surface area contributed by atoms with Crippen molar-refractivity contribution in [1.82, 2.24) is 0 Å². The van der Waals surface area contributed by atoms with E-state index in [0.717, 1.165) is 12.5 Å². The third-order valence-corrected chi connectivity index (χ3v) is 17.2. The number of carbonyl (C=O) groups excluding carboxylic acids is 2. The van der Waals surface area contributed by atoms with E-state index in [9.17, 15) is 9.59 Å². The van der Waals surface area contributed by atoms with E-state index in [1.807, 2.05) is 0 Å². The lowest BCUT2D eigenvalue weighted by Crippen LogP contribution is -2.56. The minimum atomic E-state index is -2.45. The molecule has 0 aromatic rings. The molecule has 2 unspecified atom stereocenters. The van der Waals surface area contributed by atoms with Gasteiger partial charge in [0.1, 0.15) is 0 Å². The molecule has 30 heavy (non-hydrogen) atoms. The smallest absolute Gasteiger partial charge is 0.317 e. The van der Waals surface area contributed by atoms with Crippen LogP contribution in [0.4, 0.5) is 0 Å². The fourth-order valence-corrected chi connectivity index (χ4v) is 21.4. The number of esters is 2. The van der Waals surface area contributed by atoms with Crippen LogP contribution in [0.25, 0.3) is 0 Å². The lowest BCUT2D eigenvalue weighted by Gasteiger charge is -2.41.